The van der Waals surface area contributed by atoms with Gasteiger partial charge >= 0.3 is 0 Å². The van der Waals surface area contributed by atoms with Crippen LogP contribution in [0.15, 0.2) is 48.7 Å². The predicted octanol–water partition coefficient (Wildman–Crippen LogP) is 4.36. The summed E-state index contributed by atoms with van der Waals surface area (Å²) in [5, 5.41) is 3.43. The van der Waals surface area contributed by atoms with Crippen LogP contribution >= 0.6 is 0 Å². The molecular formula is C18H16F2N2O. The molecule has 0 spiro atoms. The third-order valence-electron chi connectivity index (χ3n) is 3.99. The average Bonchev–Trinajstić information content (AvgIpc) is 2.93. The van der Waals surface area contributed by atoms with Gasteiger partial charge in [-0.1, -0.05) is 0 Å². The zero-order valence-electron chi connectivity index (χ0n) is 12.8. The monoisotopic (exact) mass is 314 g/mol. The number of benzene rings is 2. The highest BCUT2D eigenvalue weighted by atomic mass is 19.1. The van der Waals surface area contributed by atoms with E-state index in [1.807, 2.05) is 0 Å². The minimum Gasteiger partial charge on any atom is -0.361 e. The van der Waals surface area contributed by atoms with Crippen molar-refractivity contribution in [3.05, 3.63) is 65.9 Å². The van der Waals surface area contributed by atoms with E-state index >= 15 is 0 Å². The van der Waals surface area contributed by atoms with Crippen LogP contribution in [-0.4, -0.2) is 10.9 Å². The van der Waals surface area contributed by atoms with E-state index < -0.39 is 5.41 Å². The van der Waals surface area contributed by atoms with Gasteiger partial charge in [-0.05, 0) is 61.9 Å². The van der Waals surface area contributed by atoms with E-state index in [0.29, 0.717) is 16.6 Å². The molecule has 0 aliphatic carbocycles. The maximum Gasteiger partial charge on any atom is 0.234 e. The number of H-pyrrole nitrogens is 1. The summed E-state index contributed by atoms with van der Waals surface area (Å²) in [6.45, 7) is 3.53. The van der Waals surface area contributed by atoms with Crippen LogP contribution < -0.4 is 5.32 Å². The van der Waals surface area contributed by atoms with E-state index in [4.69, 9.17) is 0 Å². The Morgan fingerprint density at radius 1 is 1.04 bits per heavy atom. The van der Waals surface area contributed by atoms with E-state index in [9.17, 15) is 13.6 Å². The van der Waals surface area contributed by atoms with Crippen molar-refractivity contribution < 1.29 is 13.6 Å². The standard InChI is InChI=1S/C18H16F2N2O/c1-18(2,17(23)22-13-6-3-11(19)4-7-13)15-10-21-16-8-5-12(20)9-14(15)16/h3-10,21H,1-2H3,(H,22,23). The summed E-state index contributed by atoms with van der Waals surface area (Å²) >= 11 is 0. The van der Waals surface area contributed by atoms with Gasteiger partial charge in [0.25, 0.3) is 0 Å². The molecule has 23 heavy (non-hydrogen) atoms. The molecule has 3 aromatic rings. The van der Waals surface area contributed by atoms with Gasteiger partial charge in [0, 0.05) is 22.8 Å². The number of rotatable bonds is 3. The second-order valence-corrected chi connectivity index (χ2v) is 5.98. The van der Waals surface area contributed by atoms with Crippen molar-refractivity contribution in [3.63, 3.8) is 0 Å². The third-order valence-corrected chi connectivity index (χ3v) is 3.99. The van der Waals surface area contributed by atoms with Crippen LogP contribution in [0.2, 0.25) is 0 Å². The number of halogens is 2. The molecule has 2 aromatic carbocycles. The number of aromatic nitrogens is 1. The number of aromatic amines is 1. The van der Waals surface area contributed by atoms with Gasteiger partial charge in [-0.15, -0.1) is 0 Å². The van der Waals surface area contributed by atoms with Gasteiger partial charge in [0.1, 0.15) is 11.6 Å². The summed E-state index contributed by atoms with van der Waals surface area (Å²) in [4.78, 5) is 15.7. The smallest absolute Gasteiger partial charge is 0.234 e. The Balaban J connectivity index is 1.94. The van der Waals surface area contributed by atoms with Gasteiger partial charge in [-0.25, -0.2) is 8.78 Å². The molecule has 3 rings (SSSR count). The van der Waals surface area contributed by atoms with Crippen LogP contribution in [-0.2, 0) is 10.2 Å². The maximum atomic E-state index is 13.5. The highest BCUT2D eigenvalue weighted by Gasteiger charge is 2.32. The molecule has 1 aromatic heterocycles. The molecule has 0 unspecified atom stereocenters. The van der Waals surface area contributed by atoms with Crippen LogP contribution in [0.3, 0.4) is 0 Å². The van der Waals surface area contributed by atoms with Gasteiger partial charge in [0.05, 0.1) is 5.41 Å². The van der Waals surface area contributed by atoms with Crippen molar-refractivity contribution in [3.8, 4) is 0 Å². The van der Waals surface area contributed by atoms with Crippen molar-refractivity contribution in [2.45, 2.75) is 19.3 Å². The molecule has 1 amide bonds. The first-order chi connectivity index (χ1) is 10.9. The normalized spacial score (nSPS) is 11.7. The van der Waals surface area contributed by atoms with Crippen LogP contribution in [0.1, 0.15) is 19.4 Å². The lowest BCUT2D eigenvalue weighted by Crippen LogP contribution is -2.34. The molecule has 0 bridgehead atoms. The average molecular weight is 314 g/mol. The number of carbonyl (C=O) groups is 1. The molecule has 2 N–H and O–H groups in total. The number of carbonyl (C=O) groups excluding carboxylic acids is 1. The van der Waals surface area contributed by atoms with Gasteiger partial charge in [-0.2, -0.15) is 0 Å². The predicted molar refractivity (Wildman–Crippen MR) is 86.3 cm³/mol. The summed E-state index contributed by atoms with van der Waals surface area (Å²) in [6.07, 6.45) is 1.72. The Morgan fingerprint density at radius 2 is 1.70 bits per heavy atom. The fourth-order valence-electron chi connectivity index (χ4n) is 2.55. The fourth-order valence-corrected chi connectivity index (χ4v) is 2.55. The van der Waals surface area contributed by atoms with E-state index in [2.05, 4.69) is 10.3 Å². The molecule has 118 valence electrons. The first-order valence-corrected chi connectivity index (χ1v) is 7.22. The minimum atomic E-state index is -0.888. The van der Waals surface area contributed by atoms with Crippen molar-refractivity contribution in [2.24, 2.45) is 0 Å². The lowest BCUT2D eigenvalue weighted by Gasteiger charge is -2.23. The summed E-state index contributed by atoms with van der Waals surface area (Å²) < 4.78 is 26.5. The largest absolute Gasteiger partial charge is 0.361 e. The molecule has 0 saturated carbocycles. The first kappa shape index (κ1) is 15.2. The Labute approximate surface area is 132 Å². The van der Waals surface area contributed by atoms with Crippen LogP contribution in [0, 0.1) is 11.6 Å². The Morgan fingerprint density at radius 3 is 2.39 bits per heavy atom. The Hall–Kier alpha value is -2.69. The molecule has 0 fully saturated rings. The molecule has 3 nitrogen and oxygen atoms in total. The molecule has 0 aliphatic rings. The van der Waals surface area contributed by atoms with Gasteiger partial charge in [-0.3, -0.25) is 4.79 Å². The van der Waals surface area contributed by atoms with Crippen molar-refractivity contribution in [2.75, 3.05) is 5.32 Å². The summed E-state index contributed by atoms with van der Waals surface area (Å²) in [6, 6.07) is 9.98. The van der Waals surface area contributed by atoms with E-state index in [-0.39, 0.29) is 17.5 Å². The molecule has 0 atom stereocenters. The Kier molecular flexibility index (Phi) is 3.64. The fraction of sp³-hybridized carbons (Fsp3) is 0.167. The molecule has 0 aliphatic heterocycles. The van der Waals surface area contributed by atoms with Crippen LogP contribution in [0.4, 0.5) is 14.5 Å². The summed E-state index contributed by atoms with van der Waals surface area (Å²) in [7, 11) is 0. The van der Waals surface area contributed by atoms with Crippen LogP contribution in [0.5, 0.6) is 0 Å². The van der Waals surface area contributed by atoms with Gasteiger partial charge in [0.2, 0.25) is 5.91 Å². The molecule has 5 heteroatoms. The number of hydrogen-bond acceptors (Lipinski definition) is 1. The number of fused-ring (bicyclic) bond motifs is 1. The number of amides is 1. The molecule has 0 radical (unpaired) electrons. The molecule has 1 heterocycles. The third kappa shape index (κ3) is 2.82. The van der Waals surface area contributed by atoms with E-state index in [1.54, 1.807) is 26.1 Å². The zero-order chi connectivity index (χ0) is 16.6. The number of nitrogens with one attached hydrogen (secondary N) is 2. The molecular weight excluding hydrogens is 298 g/mol. The quantitative estimate of drug-likeness (QED) is 0.741. The van der Waals surface area contributed by atoms with E-state index in [0.717, 1.165) is 5.52 Å². The summed E-state index contributed by atoms with van der Waals surface area (Å²) in [5.74, 6) is -0.975. The first-order valence-electron chi connectivity index (χ1n) is 7.22. The second-order valence-electron chi connectivity index (χ2n) is 5.98. The highest BCUT2D eigenvalue weighted by Crippen LogP contribution is 2.32. The second kappa shape index (κ2) is 5.50. The Bertz CT molecular complexity index is 866. The number of anilines is 1. The van der Waals surface area contributed by atoms with Crippen molar-refractivity contribution in [1.29, 1.82) is 0 Å². The van der Waals surface area contributed by atoms with E-state index in [1.165, 1.54) is 36.4 Å². The lowest BCUT2D eigenvalue weighted by molar-refractivity contribution is -0.120. The minimum absolute atomic E-state index is 0.255. The van der Waals surface area contributed by atoms with Gasteiger partial charge in [0.15, 0.2) is 0 Å². The van der Waals surface area contributed by atoms with Gasteiger partial charge < -0.3 is 10.3 Å². The molecule has 0 saturated heterocycles. The summed E-state index contributed by atoms with van der Waals surface area (Å²) in [5.41, 5.74) is 1.09. The van der Waals surface area contributed by atoms with Crippen LogP contribution in [0.25, 0.3) is 10.9 Å². The van der Waals surface area contributed by atoms with Crippen molar-refractivity contribution in [1.82, 2.24) is 4.98 Å². The zero-order valence-corrected chi connectivity index (χ0v) is 12.8. The topological polar surface area (TPSA) is 44.9 Å². The maximum absolute atomic E-state index is 13.5. The lowest BCUT2D eigenvalue weighted by atomic mass is 9.83. The highest BCUT2D eigenvalue weighted by molar-refractivity contribution is 6.01. The van der Waals surface area contributed by atoms with Crippen molar-refractivity contribution >= 4 is 22.5 Å². The SMILES string of the molecule is CC(C)(C(=O)Nc1ccc(F)cc1)c1c[nH]c2ccc(F)cc12. The number of hydrogen-bond donors (Lipinski definition) is 2.